The van der Waals surface area contributed by atoms with Gasteiger partial charge in [-0.1, -0.05) is 12.1 Å². The van der Waals surface area contributed by atoms with Crippen LogP contribution in [-0.4, -0.2) is 60.6 Å². The summed E-state index contributed by atoms with van der Waals surface area (Å²) in [6.07, 6.45) is 0. The minimum absolute atomic E-state index is 0.498. The van der Waals surface area contributed by atoms with Crippen LogP contribution in [0.25, 0.3) is 0 Å². The molecule has 1 heterocycles. The molecule has 1 aromatic carbocycles. The highest BCUT2D eigenvalue weighted by molar-refractivity contribution is 5.76. The van der Waals surface area contributed by atoms with Gasteiger partial charge < -0.3 is 10.0 Å². The predicted octanol–water partition coefficient (Wildman–Crippen LogP) is 0.974. The number of nitrogens with zero attached hydrogens (tertiary/aromatic N) is 3. The Hall–Kier alpha value is -1.90. The molecule has 0 amide bonds. The molecule has 1 fully saturated rings. The topological polar surface area (TPSA) is 67.6 Å². The van der Waals surface area contributed by atoms with Crippen LogP contribution in [0.2, 0.25) is 0 Å². The molecule has 5 nitrogen and oxygen atoms in total. The highest BCUT2D eigenvalue weighted by atomic mass is 16.4. The fraction of sp³-hybridized carbons (Fsp3) is 0.467. The maximum atomic E-state index is 11.5. The van der Waals surface area contributed by atoms with Crippen molar-refractivity contribution < 1.29 is 9.90 Å². The Kier molecular flexibility index (Phi) is 4.72. The molecular formula is C15H19N3O2. The number of piperazine rings is 1. The summed E-state index contributed by atoms with van der Waals surface area (Å²) in [4.78, 5) is 15.9. The number of hydrogen-bond donors (Lipinski definition) is 1. The first-order chi connectivity index (χ1) is 9.60. The van der Waals surface area contributed by atoms with Gasteiger partial charge >= 0.3 is 5.97 Å². The van der Waals surface area contributed by atoms with Crippen LogP contribution in [0.3, 0.4) is 0 Å². The monoisotopic (exact) mass is 273 g/mol. The minimum atomic E-state index is -0.834. The second kappa shape index (κ2) is 6.51. The molecule has 106 valence electrons. The molecule has 0 spiro atoms. The number of benzene rings is 1. The van der Waals surface area contributed by atoms with E-state index < -0.39 is 11.9 Å². The van der Waals surface area contributed by atoms with Crippen molar-refractivity contribution in [2.45, 2.75) is 5.92 Å². The van der Waals surface area contributed by atoms with Crippen LogP contribution in [0.15, 0.2) is 24.3 Å². The number of carbonyl (C=O) groups is 1. The molecule has 0 aromatic heterocycles. The lowest BCUT2D eigenvalue weighted by Gasteiger charge is -2.33. The van der Waals surface area contributed by atoms with Crippen molar-refractivity contribution in [2.75, 3.05) is 39.8 Å². The van der Waals surface area contributed by atoms with E-state index in [0.29, 0.717) is 17.7 Å². The number of nitriles is 1. The maximum absolute atomic E-state index is 11.5. The molecule has 1 N–H and O–H groups in total. The van der Waals surface area contributed by atoms with Crippen LogP contribution in [0.5, 0.6) is 0 Å². The molecule has 0 radical (unpaired) electrons. The Labute approximate surface area is 119 Å². The molecule has 0 saturated carbocycles. The normalized spacial score (nSPS) is 18.4. The average Bonchev–Trinajstić information content (AvgIpc) is 2.46. The molecule has 0 bridgehead atoms. The van der Waals surface area contributed by atoms with Crippen LogP contribution in [-0.2, 0) is 4.79 Å². The summed E-state index contributed by atoms with van der Waals surface area (Å²) in [6, 6.07) is 8.96. The summed E-state index contributed by atoms with van der Waals surface area (Å²) in [5.74, 6) is -1.41. The van der Waals surface area contributed by atoms with Crippen molar-refractivity contribution in [3.8, 4) is 6.07 Å². The van der Waals surface area contributed by atoms with Crippen molar-refractivity contribution in [3.05, 3.63) is 35.4 Å². The molecule has 1 atom stereocenters. The molecule has 1 aliphatic rings. The van der Waals surface area contributed by atoms with E-state index in [-0.39, 0.29) is 0 Å². The SMILES string of the molecule is CN1CCN(CC(C(=O)O)c2cccc(C#N)c2)CC1. The Bertz CT molecular complexity index is 516. The van der Waals surface area contributed by atoms with E-state index in [1.54, 1.807) is 24.3 Å². The lowest BCUT2D eigenvalue weighted by Crippen LogP contribution is -2.46. The Morgan fingerprint density at radius 1 is 1.40 bits per heavy atom. The smallest absolute Gasteiger partial charge is 0.312 e. The molecule has 1 aromatic rings. The fourth-order valence-corrected chi connectivity index (χ4v) is 2.44. The second-order valence-electron chi connectivity index (χ2n) is 5.23. The quantitative estimate of drug-likeness (QED) is 0.885. The Morgan fingerprint density at radius 2 is 2.10 bits per heavy atom. The standard InChI is InChI=1S/C15H19N3O2/c1-17-5-7-18(8-6-17)11-14(15(19)20)13-4-2-3-12(9-13)10-16/h2-4,9,14H,5-8,11H2,1H3,(H,19,20). The molecule has 5 heteroatoms. The van der Waals surface area contributed by atoms with Gasteiger partial charge in [-0.25, -0.2) is 0 Å². The third-order valence-corrected chi connectivity index (χ3v) is 3.75. The predicted molar refractivity (Wildman–Crippen MR) is 75.5 cm³/mol. The van der Waals surface area contributed by atoms with Crippen molar-refractivity contribution >= 4 is 5.97 Å². The summed E-state index contributed by atoms with van der Waals surface area (Å²) in [5, 5.41) is 18.4. The zero-order valence-corrected chi connectivity index (χ0v) is 11.6. The summed E-state index contributed by atoms with van der Waals surface area (Å²) in [5.41, 5.74) is 1.21. The van der Waals surface area contributed by atoms with E-state index >= 15 is 0 Å². The van der Waals surface area contributed by atoms with Gasteiger partial charge in [0.2, 0.25) is 0 Å². The van der Waals surface area contributed by atoms with E-state index in [2.05, 4.69) is 22.9 Å². The lowest BCUT2D eigenvalue weighted by atomic mass is 9.96. The van der Waals surface area contributed by atoms with Crippen LogP contribution in [0.4, 0.5) is 0 Å². The van der Waals surface area contributed by atoms with Gasteiger partial charge in [0.25, 0.3) is 0 Å². The van der Waals surface area contributed by atoms with Crippen LogP contribution >= 0.6 is 0 Å². The van der Waals surface area contributed by atoms with Gasteiger partial charge in [-0.3, -0.25) is 9.69 Å². The van der Waals surface area contributed by atoms with Crippen molar-refractivity contribution in [2.24, 2.45) is 0 Å². The Morgan fingerprint density at radius 3 is 2.70 bits per heavy atom. The van der Waals surface area contributed by atoms with Gasteiger partial charge in [-0.05, 0) is 24.7 Å². The first-order valence-corrected chi connectivity index (χ1v) is 6.74. The van der Waals surface area contributed by atoms with E-state index in [1.165, 1.54) is 0 Å². The Balaban J connectivity index is 2.11. The maximum Gasteiger partial charge on any atom is 0.312 e. The minimum Gasteiger partial charge on any atom is -0.481 e. The number of carboxylic acids is 1. The molecular weight excluding hydrogens is 254 g/mol. The molecule has 2 rings (SSSR count). The number of aliphatic carboxylic acids is 1. The highest BCUT2D eigenvalue weighted by Gasteiger charge is 2.25. The van der Waals surface area contributed by atoms with E-state index in [4.69, 9.17) is 5.26 Å². The number of likely N-dealkylation sites (N-methyl/N-ethyl adjacent to an activating group) is 1. The number of carboxylic acid groups (broad SMARTS) is 1. The third-order valence-electron chi connectivity index (χ3n) is 3.75. The van der Waals surface area contributed by atoms with Crippen LogP contribution in [0, 0.1) is 11.3 Å². The second-order valence-corrected chi connectivity index (χ2v) is 5.23. The van der Waals surface area contributed by atoms with E-state index in [9.17, 15) is 9.90 Å². The fourth-order valence-electron chi connectivity index (χ4n) is 2.44. The van der Waals surface area contributed by atoms with Crippen molar-refractivity contribution in [1.82, 2.24) is 9.80 Å². The zero-order valence-electron chi connectivity index (χ0n) is 11.6. The van der Waals surface area contributed by atoms with Crippen molar-refractivity contribution in [3.63, 3.8) is 0 Å². The van der Waals surface area contributed by atoms with Gasteiger partial charge in [0.1, 0.15) is 0 Å². The van der Waals surface area contributed by atoms with Gasteiger partial charge in [0.05, 0.1) is 17.6 Å². The van der Waals surface area contributed by atoms with Crippen LogP contribution in [0.1, 0.15) is 17.0 Å². The van der Waals surface area contributed by atoms with Crippen molar-refractivity contribution in [1.29, 1.82) is 5.26 Å². The van der Waals surface area contributed by atoms with Gasteiger partial charge in [-0.15, -0.1) is 0 Å². The summed E-state index contributed by atoms with van der Waals surface area (Å²) >= 11 is 0. The number of hydrogen-bond acceptors (Lipinski definition) is 4. The zero-order chi connectivity index (χ0) is 14.5. The average molecular weight is 273 g/mol. The first kappa shape index (κ1) is 14.5. The lowest BCUT2D eigenvalue weighted by molar-refractivity contribution is -0.139. The highest BCUT2D eigenvalue weighted by Crippen LogP contribution is 2.19. The van der Waals surface area contributed by atoms with E-state index in [1.807, 2.05) is 0 Å². The largest absolute Gasteiger partial charge is 0.481 e. The molecule has 1 aliphatic heterocycles. The van der Waals surface area contributed by atoms with Gasteiger partial charge in [0, 0.05) is 32.7 Å². The summed E-state index contributed by atoms with van der Waals surface area (Å²) in [7, 11) is 2.07. The number of rotatable bonds is 4. The van der Waals surface area contributed by atoms with Gasteiger partial charge in [-0.2, -0.15) is 5.26 Å². The van der Waals surface area contributed by atoms with Gasteiger partial charge in [0.15, 0.2) is 0 Å². The molecule has 1 saturated heterocycles. The third kappa shape index (κ3) is 3.56. The summed E-state index contributed by atoms with van der Waals surface area (Å²) in [6.45, 7) is 4.20. The van der Waals surface area contributed by atoms with Crippen LogP contribution < -0.4 is 0 Å². The summed E-state index contributed by atoms with van der Waals surface area (Å²) < 4.78 is 0. The molecule has 20 heavy (non-hydrogen) atoms. The molecule has 1 unspecified atom stereocenters. The first-order valence-electron chi connectivity index (χ1n) is 6.74. The molecule has 0 aliphatic carbocycles. The van der Waals surface area contributed by atoms with E-state index in [0.717, 1.165) is 26.2 Å².